The molecule has 1 aliphatic heterocycles. The molecular formula is C14H12ClN3O3. The number of ether oxygens (including phenoxy) is 1. The lowest BCUT2D eigenvalue weighted by atomic mass is 10.1. The van der Waals surface area contributed by atoms with Crippen molar-refractivity contribution in [3.8, 4) is 5.75 Å². The van der Waals surface area contributed by atoms with E-state index in [9.17, 15) is 10.1 Å². The summed E-state index contributed by atoms with van der Waals surface area (Å²) in [5.41, 5.74) is 1.03. The molecule has 1 aromatic carbocycles. The van der Waals surface area contributed by atoms with Crippen molar-refractivity contribution < 1.29 is 9.66 Å². The summed E-state index contributed by atoms with van der Waals surface area (Å²) < 4.78 is 5.77. The van der Waals surface area contributed by atoms with E-state index in [1.165, 1.54) is 12.1 Å². The number of aromatic nitrogens is 1. The molecule has 2 heterocycles. The van der Waals surface area contributed by atoms with Crippen molar-refractivity contribution in [1.82, 2.24) is 4.98 Å². The van der Waals surface area contributed by atoms with E-state index in [0.29, 0.717) is 6.54 Å². The highest BCUT2D eigenvalue weighted by molar-refractivity contribution is 6.29. The van der Waals surface area contributed by atoms with Gasteiger partial charge in [-0.1, -0.05) is 29.8 Å². The van der Waals surface area contributed by atoms with Crippen LogP contribution >= 0.6 is 11.6 Å². The molecule has 0 fully saturated rings. The van der Waals surface area contributed by atoms with Gasteiger partial charge in [-0.2, -0.15) is 0 Å². The fraction of sp³-hybridized carbons (Fsp3) is 0.214. The molecule has 21 heavy (non-hydrogen) atoms. The second-order valence-electron chi connectivity index (χ2n) is 4.69. The Labute approximate surface area is 125 Å². The number of hydrogen-bond acceptors (Lipinski definition) is 5. The second-order valence-corrected chi connectivity index (χ2v) is 5.08. The molecule has 1 N–H and O–H groups in total. The molecule has 3 rings (SSSR count). The number of rotatable bonds is 4. The zero-order valence-corrected chi connectivity index (χ0v) is 11.7. The number of pyridine rings is 1. The number of hydrogen-bond donors (Lipinski definition) is 1. The van der Waals surface area contributed by atoms with Gasteiger partial charge in [0.2, 0.25) is 5.82 Å². The van der Waals surface area contributed by atoms with E-state index in [0.717, 1.165) is 17.7 Å². The van der Waals surface area contributed by atoms with Crippen LogP contribution in [0, 0.1) is 10.1 Å². The molecule has 1 atom stereocenters. The summed E-state index contributed by atoms with van der Waals surface area (Å²) in [6.07, 6.45) is 0.681. The highest BCUT2D eigenvalue weighted by Crippen LogP contribution is 2.29. The Morgan fingerprint density at radius 2 is 2.19 bits per heavy atom. The van der Waals surface area contributed by atoms with Gasteiger partial charge in [-0.15, -0.1) is 0 Å². The maximum absolute atomic E-state index is 11.0. The smallest absolute Gasteiger partial charge is 0.311 e. The van der Waals surface area contributed by atoms with Crippen molar-refractivity contribution in [2.45, 2.75) is 12.5 Å². The molecule has 1 unspecified atom stereocenters. The molecule has 0 radical (unpaired) electrons. The molecule has 108 valence electrons. The maximum Gasteiger partial charge on any atom is 0.311 e. The van der Waals surface area contributed by atoms with Gasteiger partial charge in [0.05, 0.1) is 11.5 Å². The number of para-hydroxylation sites is 1. The minimum absolute atomic E-state index is 0.0808. The fourth-order valence-corrected chi connectivity index (χ4v) is 2.43. The minimum Gasteiger partial charge on any atom is -0.488 e. The number of benzene rings is 1. The Morgan fingerprint density at radius 3 is 2.95 bits per heavy atom. The molecule has 6 nitrogen and oxygen atoms in total. The van der Waals surface area contributed by atoms with Crippen LogP contribution in [-0.2, 0) is 6.42 Å². The maximum atomic E-state index is 11.0. The lowest BCUT2D eigenvalue weighted by Gasteiger charge is -2.12. The van der Waals surface area contributed by atoms with Crippen LogP contribution in [0.25, 0.3) is 0 Å². The predicted molar refractivity (Wildman–Crippen MR) is 79.0 cm³/mol. The molecule has 0 spiro atoms. The first-order valence-electron chi connectivity index (χ1n) is 6.43. The normalized spacial score (nSPS) is 16.1. The molecule has 0 amide bonds. The third-order valence-corrected chi connectivity index (χ3v) is 3.46. The Kier molecular flexibility index (Phi) is 3.62. The summed E-state index contributed by atoms with van der Waals surface area (Å²) in [5.74, 6) is 1.02. The summed E-state index contributed by atoms with van der Waals surface area (Å²) in [6.45, 7) is 0.420. The van der Waals surface area contributed by atoms with Crippen molar-refractivity contribution in [2.75, 3.05) is 11.9 Å². The van der Waals surface area contributed by atoms with Gasteiger partial charge in [-0.05, 0) is 17.7 Å². The second kappa shape index (κ2) is 5.57. The highest BCUT2D eigenvalue weighted by Gasteiger charge is 2.23. The van der Waals surface area contributed by atoms with E-state index in [2.05, 4.69) is 10.3 Å². The van der Waals surface area contributed by atoms with Crippen molar-refractivity contribution >= 4 is 23.1 Å². The molecule has 0 saturated carbocycles. The summed E-state index contributed by atoms with van der Waals surface area (Å²) >= 11 is 5.78. The van der Waals surface area contributed by atoms with Gasteiger partial charge in [0.15, 0.2) is 0 Å². The van der Waals surface area contributed by atoms with Gasteiger partial charge in [0.25, 0.3) is 0 Å². The molecule has 0 aliphatic carbocycles. The van der Waals surface area contributed by atoms with E-state index in [-0.39, 0.29) is 22.8 Å². The van der Waals surface area contributed by atoms with Gasteiger partial charge >= 0.3 is 5.69 Å². The van der Waals surface area contributed by atoms with Crippen LogP contribution in [0.2, 0.25) is 5.15 Å². The summed E-state index contributed by atoms with van der Waals surface area (Å²) in [6, 6.07) is 10.5. The summed E-state index contributed by atoms with van der Waals surface area (Å²) in [7, 11) is 0. The van der Waals surface area contributed by atoms with Crippen LogP contribution in [0.1, 0.15) is 5.56 Å². The van der Waals surface area contributed by atoms with Crippen LogP contribution in [0.15, 0.2) is 36.4 Å². The first kappa shape index (κ1) is 13.6. The van der Waals surface area contributed by atoms with Crippen LogP contribution in [0.5, 0.6) is 5.75 Å². The number of nitrogens with one attached hydrogen (secondary N) is 1. The Morgan fingerprint density at radius 1 is 1.38 bits per heavy atom. The summed E-state index contributed by atoms with van der Waals surface area (Å²) in [5, 5.41) is 14.1. The van der Waals surface area contributed by atoms with Crippen LogP contribution in [0.4, 0.5) is 11.5 Å². The topological polar surface area (TPSA) is 77.3 Å². The Bertz CT molecular complexity index is 668. The van der Waals surface area contributed by atoms with E-state index in [1.807, 2.05) is 24.3 Å². The molecule has 2 aromatic rings. The van der Waals surface area contributed by atoms with E-state index in [1.54, 1.807) is 0 Å². The van der Waals surface area contributed by atoms with E-state index in [4.69, 9.17) is 16.3 Å². The largest absolute Gasteiger partial charge is 0.488 e. The number of nitrogens with zero attached hydrogens (tertiary/aromatic N) is 2. The van der Waals surface area contributed by atoms with Crippen LogP contribution in [0.3, 0.4) is 0 Å². The van der Waals surface area contributed by atoms with Gasteiger partial charge in [-0.25, -0.2) is 4.98 Å². The lowest BCUT2D eigenvalue weighted by molar-refractivity contribution is -0.384. The quantitative estimate of drug-likeness (QED) is 0.533. The monoisotopic (exact) mass is 305 g/mol. The fourth-order valence-electron chi connectivity index (χ4n) is 2.28. The van der Waals surface area contributed by atoms with Gasteiger partial charge in [-0.3, -0.25) is 10.1 Å². The SMILES string of the molecule is O=[N+]([O-])c1ccc(Cl)nc1NCC1Cc2ccccc2O1. The zero-order valence-electron chi connectivity index (χ0n) is 11.0. The van der Waals surface area contributed by atoms with Crippen molar-refractivity contribution in [2.24, 2.45) is 0 Å². The van der Waals surface area contributed by atoms with Crippen molar-refractivity contribution in [3.63, 3.8) is 0 Å². The van der Waals surface area contributed by atoms with Gasteiger partial charge in [0, 0.05) is 12.5 Å². The van der Waals surface area contributed by atoms with E-state index >= 15 is 0 Å². The highest BCUT2D eigenvalue weighted by atomic mass is 35.5. The predicted octanol–water partition coefficient (Wildman–Crippen LogP) is 3.06. The average Bonchev–Trinajstić information content (AvgIpc) is 2.87. The number of fused-ring (bicyclic) bond motifs is 1. The number of anilines is 1. The zero-order chi connectivity index (χ0) is 14.8. The first-order valence-corrected chi connectivity index (χ1v) is 6.80. The van der Waals surface area contributed by atoms with Crippen molar-refractivity contribution in [3.05, 3.63) is 57.2 Å². The van der Waals surface area contributed by atoms with Crippen LogP contribution in [-0.4, -0.2) is 22.6 Å². The standard InChI is InChI=1S/C14H12ClN3O3/c15-13-6-5-11(18(19)20)14(17-13)16-8-10-7-9-3-1-2-4-12(9)21-10/h1-6,10H,7-8H2,(H,16,17). The molecular weight excluding hydrogens is 294 g/mol. The third-order valence-electron chi connectivity index (χ3n) is 3.25. The van der Waals surface area contributed by atoms with E-state index < -0.39 is 4.92 Å². The average molecular weight is 306 g/mol. The Hall–Kier alpha value is -2.34. The van der Waals surface area contributed by atoms with Crippen molar-refractivity contribution in [1.29, 1.82) is 0 Å². The molecule has 1 aliphatic rings. The molecule has 7 heteroatoms. The molecule has 0 bridgehead atoms. The molecule has 1 aromatic heterocycles. The minimum atomic E-state index is -0.490. The Balaban J connectivity index is 1.69. The lowest BCUT2D eigenvalue weighted by Crippen LogP contribution is -2.24. The first-order chi connectivity index (χ1) is 10.1. The van der Waals surface area contributed by atoms with Gasteiger partial charge in [0.1, 0.15) is 17.0 Å². The summed E-state index contributed by atoms with van der Waals surface area (Å²) in [4.78, 5) is 14.4. The van der Waals surface area contributed by atoms with Crippen LogP contribution < -0.4 is 10.1 Å². The third kappa shape index (κ3) is 2.90. The van der Waals surface area contributed by atoms with Gasteiger partial charge < -0.3 is 10.1 Å². The number of nitro groups is 1. The number of halogens is 1. The molecule has 0 saturated heterocycles.